The first-order valence-corrected chi connectivity index (χ1v) is 7.93. The van der Waals surface area contributed by atoms with E-state index in [1.54, 1.807) is 0 Å². The minimum absolute atomic E-state index is 0.329. The average molecular weight is 260 g/mol. The van der Waals surface area contributed by atoms with E-state index in [1.807, 2.05) is 24.3 Å². The molecule has 3 aliphatic heterocycles. The first-order valence-electron chi connectivity index (χ1n) is 6.98. The third-order valence-electron chi connectivity index (χ3n) is 5.15. The number of ether oxygens (including phenoxy) is 2. The topological polar surface area (TPSA) is 18.5 Å². The largest absolute Gasteiger partial charge is 0.447 e. The van der Waals surface area contributed by atoms with Crippen molar-refractivity contribution in [3.63, 3.8) is 0 Å². The number of fused-ring (bicyclic) bond motifs is 7. The Morgan fingerprint density at radius 2 is 1.78 bits per heavy atom. The maximum atomic E-state index is 6.25. The molecule has 1 saturated carbocycles. The van der Waals surface area contributed by atoms with Crippen LogP contribution in [-0.2, 0) is 0 Å². The predicted octanol–water partition coefficient (Wildman–Crippen LogP) is 3.46. The minimum Gasteiger partial charge on any atom is -0.447 e. The van der Waals surface area contributed by atoms with E-state index in [4.69, 9.17) is 9.47 Å². The normalized spacial score (nSPS) is 41.6. The van der Waals surface area contributed by atoms with Crippen molar-refractivity contribution in [1.82, 2.24) is 0 Å². The number of benzene rings is 1. The van der Waals surface area contributed by atoms with E-state index in [0.29, 0.717) is 5.25 Å². The molecule has 3 fully saturated rings. The van der Waals surface area contributed by atoms with Gasteiger partial charge in [0.05, 0.1) is 5.25 Å². The highest BCUT2D eigenvalue weighted by molar-refractivity contribution is 8.01. The van der Waals surface area contributed by atoms with Crippen LogP contribution in [0.4, 0.5) is 0 Å². The molecular weight excluding hydrogens is 244 g/mol. The first kappa shape index (κ1) is 10.0. The van der Waals surface area contributed by atoms with Crippen molar-refractivity contribution in [2.45, 2.75) is 42.0 Å². The van der Waals surface area contributed by atoms with Gasteiger partial charge in [-0.05, 0) is 36.8 Å². The van der Waals surface area contributed by atoms with E-state index < -0.39 is 0 Å². The smallest absolute Gasteiger partial charge is 0.264 e. The van der Waals surface area contributed by atoms with Crippen LogP contribution in [-0.4, -0.2) is 16.3 Å². The molecule has 0 aromatic heterocycles. The summed E-state index contributed by atoms with van der Waals surface area (Å²) >= 11 is 2.14. The van der Waals surface area contributed by atoms with E-state index in [1.165, 1.54) is 19.3 Å². The zero-order chi connectivity index (χ0) is 11.7. The fourth-order valence-electron chi connectivity index (χ4n) is 4.48. The molecule has 2 saturated heterocycles. The Kier molecular flexibility index (Phi) is 1.77. The second-order valence-corrected chi connectivity index (χ2v) is 7.41. The summed E-state index contributed by atoms with van der Waals surface area (Å²) in [6.07, 6.45) is 5.30. The first-order chi connectivity index (χ1) is 8.86. The van der Waals surface area contributed by atoms with E-state index in [2.05, 4.69) is 11.8 Å². The highest BCUT2D eigenvalue weighted by atomic mass is 32.2. The van der Waals surface area contributed by atoms with E-state index in [0.717, 1.165) is 35.0 Å². The lowest BCUT2D eigenvalue weighted by Gasteiger charge is -2.36. The van der Waals surface area contributed by atoms with Gasteiger partial charge in [0.2, 0.25) is 0 Å². The number of hydrogen-bond acceptors (Lipinski definition) is 3. The van der Waals surface area contributed by atoms with Gasteiger partial charge in [0.15, 0.2) is 11.5 Å². The number of thioether (sulfide) groups is 1. The molecule has 0 amide bonds. The standard InChI is InChI=1S/C15H16O2S/c1-2-7-12-11(6-1)16-15(17-12)8-13-9-4-3-5-10(9)14(15)18-13/h1-2,6-7,9-10,13-14H,3-5,8H2. The predicted molar refractivity (Wildman–Crippen MR) is 71.0 cm³/mol. The molecule has 94 valence electrons. The van der Waals surface area contributed by atoms with Gasteiger partial charge in [0.25, 0.3) is 5.79 Å². The molecule has 1 aliphatic carbocycles. The zero-order valence-corrected chi connectivity index (χ0v) is 11.0. The Labute approximate surface area is 111 Å². The van der Waals surface area contributed by atoms with E-state index in [9.17, 15) is 0 Å². The molecule has 4 unspecified atom stereocenters. The van der Waals surface area contributed by atoms with E-state index >= 15 is 0 Å². The number of rotatable bonds is 0. The fraction of sp³-hybridized carbons (Fsp3) is 0.600. The summed E-state index contributed by atoms with van der Waals surface area (Å²) in [5.74, 6) is 3.34. The lowest BCUT2D eigenvalue weighted by molar-refractivity contribution is -0.107. The highest BCUT2D eigenvalue weighted by Gasteiger charge is 2.66. The molecule has 0 N–H and O–H groups in total. The lowest BCUT2D eigenvalue weighted by Crippen LogP contribution is -2.51. The lowest BCUT2D eigenvalue weighted by atomic mass is 9.78. The molecule has 3 heterocycles. The Bertz CT molecular complexity index is 490. The molecule has 4 atom stereocenters. The number of para-hydroxylation sites is 2. The Hall–Kier alpha value is -0.830. The fourth-order valence-corrected chi connectivity index (χ4v) is 6.67. The van der Waals surface area contributed by atoms with Crippen molar-refractivity contribution in [2.24, 2.45) is 11.8 Å². The van der Waals surface area contributed by atoms with Gasteiger partial charge in [-0.25, -0.2) is 0 Å². The van der Waals surface area contributed by atoms with Crippen LogP contribution in [0.5, 0.6) is 11.5 Å². The molecular formula is C15H16O2S. The van der Waals surface area contributed by atoms with Crippen LogP contribution in [0.2, 0.25) is 0 Å². The number of hydrogen-bond donors (Lipinski definition) is 0. The monoisotopic (exact) mass is 260 g/mol. The van der Waals surface area contributed by atoms with Gasteiger partial charge in [-0.15, -0.1) is 11.8 Å². The summed E-state index contributed by atoms with van der Waals surface area (Å²) in [5, 5.41) is 1.33. The van der Waals surface area contributed by atoms with Crippen LogP contribution < -0.4 is 9.47 Å². The van der Waals surface area contributed by atoms with Crippen LogP contribution in [0.15, 0.2) is 24.3 Å². The van der Waals surface area contributed by atoms with Crippen LogP contribution in [0.1, 0.15) is 25.7 Å². The molecule has 0 radical (unpaired) electrons. The van der Waals surface area contributed by atoms with Gasteiger partial charge < -0.3 is 9.47 Å². The van der Waals surface area contributed by atoms with Gasteiger partial charge in [0.1, 0.15) is 0 Å². The Morgan fingerprint density at radius 3 is 2.56 bits per heavy atom. The van der Waals surface area contributed by atoms with E-state index in [-0.39, 0.29) is 5.79 Å². The quantitative estimate of drug-likeness (QED) is 0.711. The summed E-state index contributed by atoms with van der Waals surface area (Å²) < 4.78 is 12.5. The third kappa shape index (κ3) is 1.08. The molecule has 18 heavy (non-hydrogen) atoms. The molecule has 2 nitrogen and oxygen atoms in total. The van der Waals surface area contributed by atoms with Gasteiger partial charge in [-0.2, -0.15) is 0 Å². The van der Waals surface area contributed by atoms with Crippen molar-refractivity contribution in [2.75, 3.05) is 0 Å². The zero-order valence-electron chi connectivity index (χ0n) is 10.2. The molecule has 1 aromatic rings. The third-order valence-corrected chi connectivity index (χ3v) is 7.01. The summed E-state index contributed by atoms with van der Waals surface area (Å²) in [6.45, 7) is 0. The van der Waals surface area contributed by atoms with Crippen molar-refractivity contribution in [3.05, 3.63) is 24.3 Å². The van der Waals surface area contributed by atoms with Crippen LogP contribution in [0, 0.1) is 11.8 Å². The van der Waals surface area contributed by atoms with Crippen molar-refractivity contribution in [3.8, 4) is 11.5 Å². The summed E-state index contributed by atoms with van der Waals surface area (Å²) in [7, 11) is 0. The van der Waals surface area contributed by atoms with Gasteiger partial charge in [0, 0.05) is 11.7 Å². The summed E-state index contributed by atoms with van der Waals surface area (Å²) in [4.78, 5) is 0. The SMILES string of the molecule is c1ccc2c(c1)OC1(CC3SC1C1CCCC31)O2. The van der Waals surface area contributed by atoms with Crippen LogP contribution >= 0.6 is 11.8 Å². The highest BCUT2D eigenvalue weighted by Crippen LogP contribution is 2.65. The second-order valence-electron chi connectivity index (χ2n) is 6.02. The maximum absolute atomic E-state index is 6.25. The van der Waals surface area contributed by atoms with Gasteiger partial charge >= 0.3 is 0 Å². The van der Waals surface area contributed by atoms with Crippen LogP contribution in [0.25, 0.3) is 0 Å². The molecule has 1 aromatic carbocycles. The average Bonchev–Trinajstić information content (AvgIpc) is 3.07. The van der Waals surface area contributed by atoms with Crippen molar-refractivity contribution >= 4 is 11.8 Å². The molecule has 5 rings (SSSR count). The molecule has 4 aliphatic rings. The maximum Gasteiger partial charge on any atom is 0.264 e. The molecule has 2 bridgehead atoms. The van der Waals surface area contributed by atoms with Crippen molar-refractivity contribution in [1.29, 1.82) is 0 Å². The molecule has 1 spiro atoms. The Balaban J connectivity index is 1.54. The second kappa shape index (κ2) is 3.19. The minimum atomic E-state index is -0.329. The van der Waals surface area contributed by atoms with Gasteiger partial charge in [-0.1, -0.05) is 18.6 Å². The molecule has 3 heteroatoms. The summed E-state index contributed by atoms with van der Waals surface area (Å²) in [5.41, 5.74) is 0. The summed E-state index contributed by atoms with van der Waals surface area (Å²) in [6, 6.07) is 8.12. The van der Waals surface area contributed by atoms with Crippen molar-refractivity contribution < 1.29 is 9.47 Å². The van der Waals surface area contributed by atoms with Crippen LogP contribution in [0.3, 0.4) is 0 Å². The van der Waals surface area contributed by atoms with Gasteiger partial charge in [-0.3, -0.25) is 0 Å². The Morgan fingerprint density at radius 1 is 1.06 bits per heavy atom.